The lowest BCUT2D eigenvalue weighted by Gasteiger charge is -2.27. The molecule has 0 aliphatic rings. The fourth-order valence-corrected chi connectivity index (χ4v) is 9.98. The molecule has 2 aromatic rings. The highest BCUT2D eigenvalue weighted by Crippen LogP contribution is 2.41. The topological polar surface area (TPSA) is 23.1 Å². The summed E-state index contributed by atoms with van der Waals surface area (Å²) in [5, 5.41) is 0. The van der Waals surface area contributed by atoms with Crippen LogP contribution in [0.1, 0.15) is 255 Å². The average Bonchev–Trinajstić information content (AvgIpc) is 3.08. The first-order valence-corrected chi connectivity index (χ1v) is 22.9. The molecule has 0 atom stereocenters. The molecular formula is C48H82OS. The molecule has 0 saturated carbocycles. The highest BCUT2D eigenvalue weighted by molar-refractivity contribution is 7.91. The number of hydrogen-bond acceptors (Lipinski definition) is 1. The van der Waals surface area contributed by atoms with E-state index in [-0.39, 0.29) is 0 Å². The Morgan fingerprint density at radius 2 is 0.680 bits per heavy atom. The maximum atomic E-state index is 15.0. The van der Waals surface area contributed by atoms with Gasteiger partial charge >= 0.3 is 0 Å². The molecule has 0 aromatic heterocycles. The molecule has 0 saturated heterocycles. The van der Waals surface area contributed by atoms with Gasteiger partial charge in [-0.1, -0.05) is 197 Å². The molecule has 2 rings (SSSR count). The van der Waals surface area contributed by atoms with Crippen molar-refractivity contribution in [2.24, 2.45) is 0 Å². The van der Waals surface area contributed by atoms with Crippen molar-refractivity contribution < 1.29 is 4.55 Å². The summed E-state index contributed by atoms with van der Waals surface area (Å²) in [6, 6.07) is 9.14. The normalized spacial score (nSPS) is 12.2. The van der Waals surface area contributed by atoms with Crippen LogP contribution in [0, 0.1) is 0 Å². The largest absolute Gasteiger partial charge is 0.606 e. The van der Waals surface area contributed by atoms with Crippen molar-refractivity contribution >= 4 is 11.2 Å². The van der Waals surface area contributed by atoms with Crippen LogP contribution in [0.5, 0.6) is 0 Å². The SMILES string of the molecule is CCCCCCCCCCCCc1c(C(C)C)ccc([S+]([O-])c2ccc(C(C)C)c(CCCCCCCCCCCC)c2C(C)C)c1C(C)C. The lowest BCUT2D eigenvalue weighted by Crippen LogP contribution is -2.16. The molecule has 0 amide bonds. The number of unbranched alkanes of at least 4 members (excludes halogenated alkanes) is 18. The summed E-state index contributed by atoms with van der Waals surface area (Å²) < 4.78 is 15.0. The van der Waals surface area contributed by atoms with E-state index in [1.54, 1.807) is 0 Å². The van der Waals surface area contributed by atoms with Crippen molar-refractivity contribution in [3.8, 4) is 0 Å². The van der Waals surface area contributed by atoms with Crippen LogP contribution >= 0.6 is 0 Å². The Bertz CT molecular complexity index is 1080. The van der Waals surface area contributed by atoms with E-state index in [1.807, 2.05) is 0 Å². The summed E-state index contributed by atoms with van der Waals surface area (Å²) in [5.41, 5.74) is 8.65. The quantitative estimate of drug-likeness (QED) is 0.0638. The number of rotatable bonds is 28. The standard InChI is InChI=1S/C48H82OS/c1-11-13-15-17-19-21-23-25-27-29-31-43-41(37(3)4)33-35-45(47(43)39(7)8)50(49)46-36-34-42(38(5)6)44(48(46)40(9)10)32-30-28-26-24-22-20-18-16-14-12-2/h33-40H,11-32H2,1-10H3. The van der Waals surface area contributed by atoms with E-state index in [2.05, 4.69) is 93.5 Å². The summed E-state index contributed by atoms with van der Waals surface area (Å²) in [6.07, 6.45) is 29.4. The second-order valence-electron chi connectivity index (χ2n) is 16.8. The maximum absolute atomic E-state index is 15.0. The summed E-state index contributed by atoms with van der Waals surface area (Å²) in [6.45, 7) is 23.2. The summed E-state index contributed by atoms with van der Waals surface area (Å²) in [4.78, 5) is 2.13. The van der Waals surface area contributed by atoms with Crippen LogP contribution < -0.4 is 0 Å². The second kappa shape index (κ2) is 25.7. The van der Waals surface area contributed by atoms with Gasteiger partial charge in [0, 0.05) is 22.3 Å². The minimum absolute atomic E-state index is 0.342. The molecule has 50 heavy (non-hydrogen) atoms. The third-order valence-electron chi connectivity index (χ3n) is 11.1. The molecule has 0 radical (unpaired) electrons. The van der Waals surface area contributed by atoms with Crippen LogP contribution in [0.15, 0.2) is 34.1 Å². The Balaban J connectivity index is 2.28. The first kappa shape index (κ1) is 44.9. The molecule has 0 N–H and O–H groups in total. The molecule has 1 nitrogen and oxygen atoms in total. The highest BCUT2D eigenvalue weighted by atomic mass is 32.2. The van der Waals surface area contributed by atoms with Crippen LogP contribution in [0.25, 0.3) is 0 Å². The first-order valence-electron chi connectivity index (χ1n) is 21.8. The van der Waals surface area contributed by atoms with Crippen LogP contribution in [0.3, 0.4) is 0 Å². The van der Waals surface area contributed by atoms with Crippen LogP contribution in [0.2, 0.25) is 0 Å². The fourth-order valence-electron chi connectivity index (χ4n) is 8.25. The van der Waals surface area contributed by atoms with Crippen molar-refractivity contribution in [2.45, 2.75) is 244 Å². The van der Waals surface area contributed by atoms with Gasteiger partial charge in [-0.05, 0) is 83.7 Å². The lowest BCUT2D eigenvalue weighted by molar-refractivity contribution is 0.554. The van der Waals surface area contributed by atoms with Gasteiger partial charge in [0.05, 0.1) is 0 Å². The minimum Gasteiger partial charge on any atom is -0.606 e. The summed E-state index contributed by atoms with van der Waals surface area (Å²) in [5.74, 6) is 1.62. The monoisotopic (exact) mass is 707 g/mol. The van der Waals surface area contributed by atoms with Crippen molar-refractivity contribution in [3.05, 3.63) is 57.6 Å². The molecule has 0 heterocycles. The van der Waals surface area contributed by atoms with Gasteiger partial charge in [-0.2, -0.15) is 0 Å². The van der Waals surface area contributed by atoms with Gasteiger partial charge in [0.15, 0.2) is 9.79 Å². The van der Waals surface area contributed by atoms with E-state index in [1.165, 1.54) is 162 Å². The van der Waals surface area contributed by atoms with Crippen LogP contribution in [-0.2, 0) is 24.0 Å². The van der Waals surface area contributed by atoms with Gasteiger partial charge in [0.25, 0.3) is 0 Å². The molecule has 0 aliphatic carbocycles. The smallest absolute Gasteiger partial charge is 0.162 e. The van der Waals surface area contributed by atoms with E-state index in [4.69, 9.17) is 0 Å². The van der Waals surface area contributed by atoms with E-state index in [0.29, 0.717) is 23.7 Å². The Labute approximate surface area is 316 Å². The first-order chi connectivity index (χ1) is 24.1. The Morgan fingerprint density at radius 3 is 0.940 bits per heavy atom. The zero-order valence-corrected chi connectivity index (χ0v) is 35.8. The van der Waals surface area contributed by atoms with Gasteiger partial charge in [-0.25, -0.2) is 0 Å². The molecular weight excluding hydrogens is 625 g/mol. The van der Waals surface area contributed by atoms with Crippen LogP contribution in [0.4, 0.5) is 0 Å². The summed E-state index contributed by atoms with van der Waals surface area (Å²) in [7, 11) is 0. The second-order valence-corrected chi connectivity index (χ2v) is 18.3. The predicted molar refractivity (Wildman–Crippen MR) is 225 cm³/mol. The van der Waals surface area contributed by atoms with Crippen LogP contribution in [-0.4, -0.2) is 4.55 Å². The Hall–Kier alpha value is -1.25. The molecule has 286 valence electrons. The number of benzene rings is 2. The maximum Gasteiger partial charge on any atom is 0.162 e. The van der Waals surface area contributed by atoms with E-state index in [9.17, 15) is 4.55 Å². The highest BCUT2D eigenvalue weighted by Gasteiger charge is 2.30. The third kappa shape index (κ3) is 15.0. The zero-order valence-electron chi connectivity index (χ0n) is 35.0. The molecule has 2 heteroatoms. The molecule has 2 aromatic carbocycles. The molecule has 0 unspecified atom stereocenters. The Kier molecular flexibility index (Phi) is 23.1. The molecule has 0 aliphatic heterocycles. The van der Waals surface area contributed by atoms with Gasteiger partial charge in [0.2, 0.25) is 0 Å². The molecule has 0 fully saturated rings. The number of hydrogen-bond donors (Lipinski definition) is 0. The minimum atomic E-state index is -1.21. The fraction of sp³-hybridized carbons (Fsp3) is 0.750. The van der Waals surface area contributed by atoms with E-state index >= 15 is 0 Å². The van der Waals surface area contributed by atoms with E-state index < -0.39 is 11.2 Å². The van der Waals surface area contributed by atoms with Gasteiger partial charge in [0.1, 0.15) is 0 Å². The summed E-state index contributed by atoms with van der Waals surface area (Å²) >= 11 is -1.21. The van der Waals surface area contributed by atoms with Crippen molar-refractivity contribution in [1.29, 1.82) is 0 Å². The third-order valence-corrected chi connectivity index (χ3v) is 12.6. The van der Waals surface area contributed by atoms with Gasteiger partial charge in [-0.15, -0.1) is 0 Å². The van der Waals surface area contributed by atoms with Gasteiger partial charge in [-0.3, -0.25) is 0 Å². The zero-order chi connectivity index (χ0) is 36.9. The van der Waals surface area contributed by atoms with Crippen molar-refractivity contribution in [1.82, 2.24) is 0 Å². The van der Waals surface area contributed by atoms with Gasteiger partial charge < -0.3 is 4.55 Å². The molecule has 0 bridgehead atoms. The van der Waals surface area contributed by atoms with Crippen molar-refractivity contribution in [3.63, 3.8) is 0 Å². The predicted octanol–water partition coefficient (Wildman–Crippen LogP) is 16.3. The lowest BCUT2D eigenvalue weighted by atomic mass is 9.85. The Morgan fingerprint density at radius 1 is 0.400 bits per heavy atom. The molecule has 0 spiro atoms. The van der Waals surface area contributed by atoms with E-state index in [0.717, 1.165) is 22.6 Å². The average molecular weight is 707 g/mol. The van der Waals surface area contributed by atoms with Crippen molar-refractivity contribution in [2.75, 3.05) is 0 Å².